The average molecular weight is 279 g/mol. The Hall–Kier alpha value is -1.72. The molecule has 0 amide bonds. The Kier molecular flexibility index (Phi) is 4.29. The van der Waals surface area contributed by atoms with E-state index in [1.54, 1.807) is 24.3 Å². The van der Waals surface area contributed by atoms with E-state index < -0.39 is 0 Å². The number of hydrogen-bond donors (Lipinski definition) is 1. The topological polar surface area (TPSA) is 38.7 Å². The first-order valence-corrected chi connectivity index (χ1v) is 5.79. The van der Waals surface area contributed by atoms with Crippen LogP contribution in [0.25, 0.3) is 11.1 Å². The van der Waals surface area contributed by atoms with Gasteiger partial charge < -0.3 is 14.4 Å². The SMILES string of the molecule is COc1cc(Cl)c(-c2cccc(F)c2)cc1O[B]O. The van der Waals surface area contributed by atoms with Crippen LogP contribution in [0.3, 0.4) is 0 Å². The average Bonchev–Trinajstić information content (AvgIpc) is 2.40. The summed E-state index contributed by atoms with van der Waals surface area (Å²) in [5.41, 5.74) is 1.19. The van der Waals surface area contributed by atoms with Gasteiger partial charge in [0.15, 0.2) is 5.75 Å². The number of methoxy groups -OCH3 is 1. The Morgan fingerprint density at radius 3 is 2.63 bits per heavy atom. The third-order valence-electron chi connectivity index (χ3n) is 2.57. The lowest BCUT2D eigenvalue weighted by Crippen LogP contribution is -2.02. The fraction of sp³-hybridized carbons (Fsp3) is 0.0769. The zero-order chi connectivity index (χ0) is 13.8. The van der Waals surface area contributed by atoms with Gasteiger partial charge in [0.2, 0.25) is 0 Å². The highest BCUT2D eigenvalue weighted by molar-refractivity contribution is 6.33. The summed E-state index contributed by atoms with van der Waals surface area (Å²) in [4.78, 5) is 0. The predicted molar refractivity (Wildman–Crippen MR) is 72.0 cm³/mol. The van der Waals surface area contributed by atoms with E-state index in [-0.39, 0.29) is 11.6 Å². The first kappa shape index (κ1) is 13.7. The molecule has 1 N–H and O–H groups in total. The van der Waals surface area contributed by atoms with Crippen LogP contribution in [0.2, 0.25) is 5.02 Å². The largest absolute Gasteiger partial charge is 0.569 e. The van der Waals surface area contributed by atoms with Crippen LogP contribution >= 0.6 is 11.6 Å². The molecule has 0 heterocycles. The second kappa shape index (κ2) is 5.95. The van der Waals surface area contributed by atoms with Gasteiger partial charge in [-0.05, 0) is 23.8 Å². The highest BCUT2D eigenvalue weighted by Gasteiger charge is 2.12. The van der Waals surface area contributed by atoms with Crippen LogP contribution in [-0.2, 0) is 0 Å². The van der Waals surface area contributed by atoms with Gasteiger partial charge in [0, 0.05) is 11.6 Å². The van der Waals surface area contributed by atoms with Crippen molar-refractivity contribution < 1.29 is 18.8 Å². The van der Waals surface area contributed by atoms with Gasteiger partial charge >= 0.3 is 7.69 Å². The van der Waals surface area contributed by atoms with Crippen LogP contribution in [-0.4, -0.2) is 19.8 Å². The van der Waals surface area contributed by atoms with Gasteiger partial charge in [0.05, 0.1) is 12.1 Å². The van der Waals surface area contributed by atoms with Gasteiger partial charge in [-0.3, -0.25) is 0 Å². The third-order valence-corrected chi connectivity index (χ3v) is 2.88. The fourth-order valence-corrected chi connectivity index (χ4v) is 1.98. The smallest absolute Gasteiger partial charge is 0.535 e. The number of benzene rings is 2. The molecule has 1 radical (unpaired) electrons. The van der Waals surface area contributed by atoms with Crippen molar-refractivity contribution >= 4 is 19.3 Å². The first-order chi connectivity index (χ1) is 9.15. The summed E-state index contributed by atoms with van der Waals surface area (Å²) in [6, 6.07) is 9.14. The molecule has 97 valence electrons. The molecule has 0 aromatic heterocycles. The van der Waals surface area contributed by atoms with Crippen molar-refractivity contribution in [3.8, 4) is 22.6 Å². The van der Waals surface area contributed by atoms with E-state index in [1.807, 2.05) is 0 Å². The van der Waals surface area contributed by atoms with Gasteiger partial charge in [-0.1, -0.05) is 23.7 Å². The molecule has 0 bridgehead atoms. The molecule has 3 nitrogen and oxygen atoms in total. The molecule has 0 aliphatic heterocycles. The van der Waals surface area contributed by atoms with E-state index >= 15 is 0 Å². The molecule has 0 saturated heterocycles. The normalized spacial score (nSPS) is 10.1. The molecular weight excluding hydrogens is 269 g/mol. The van der Waals surface area contributed by atoms with Crippen molar-refractivity contribution in [1.82, 2.24) is 0 Å². The lowest BCUT2D eigenvalue weighted by Gasteiger charge is -2.12. The van der Waals surface area contributed by atoms with E-state index in [4.69, 9.17) is 26.0 Å². The summed E-state index contributed by atoms with van der Waals surface area (Å²) in [6.07, 6.45) is 0. The van der Waals surface area contributed by atoms with Crippen LogP contribution in [0.4, 0.5) is 4.39 Å². The van der Waals surface area contributed by atoms with E-state index in [0.717, 1.165) is 0 Å². The zero-order valence-corrected chi connectivity index (χ0v) is 10.8. The van der Waals surface area contributed by atoms with Gasteiger partial charge in [0.1, 0.15) is 11.6 Å². The summed E-state index contributed by atoms with van der Waals surface area (Å²) < 4.78 is 23.2. The summed E-state index contributed by atoms with van der Waals surface area (Å²) >= 11 is 6.14. The monoisotopic (exact) mass is 279 g/mol. The van der Waals surface area contributed by atoms with Gasteiger partial charge in [0.25, 0.3) is 0 Å². The Morgan fingerprint density at radius 1 is 1.21 bits per heavy atom. The maximum atomic E-state index is 13.2. The number of halogens is 2. The molecule has 0 fully saturated rings. The Balaban J connectivity index is 2.54. The lowest BCUT2D eigenvalue weighted by molar-refractivity contribution is 0.382. The van der Waals surface area contributed by atoms with E-state index in [0.29, 0.717) is 29.6 Å². The van der Waals surface area contributed by atoms with Crippen molar-refractivity contribution in [1.29, 1.82) is 0 Å². The number of ether oxygens (including phenoxy) is 1. The quantitative estimate of drug-likeness (QED) is 0.874. The van der Waals surface area contributed by atoms with Crippen molar-refractivity contribution in [2.45, 2.75) is 0 Å². The lowest BCUT2D eigenvalue weighted by atomic mass is 10.0. The molecule has 2 rings (SSSR count). The maximum Gasteiger partial charge on any atom is 0.569 e. The van der Waals surface area contributed by atoms with E-state index in [9.17, 15) is 4.39 Å². The predicted octanol–water partition coefficient (Wildman–Crippen LogP) is 3.06. The molecule has 0 spiro atoms. The van der Waals surface area contributed by atoms with Crippen molar-refractivity contribution in [3.05, 3.63) is 47.2 Å². The molecule has 6 heteroatoms. The highest BCUT2D eigenvalue weighted by Crippen LogP contribution is 2.38. The molecule has 2 aromatic carbocycles. The minimum absolute atomic E-state index is 0.286. The third kappa shape index (κ3) is 3.00. The molecule has 0 atom stereocenters. The minimum atomic E-state index is -0.361. The molecule has 0 aliphatic carbocycles. The fourth-order valence-electron chi connectivity index (χ4n) is 1.72. The van der Waals surface area contributed by atoms with Crippen molar-refractivity contribution in [2.24, 2.45) is 0 Å². The molecular formula is C13H10BClFO3. The Bertz CT molecular complexity index is 592. The molecule has 0 saturated carbocycles. The van der Waals surface area contributed by atoms with Crippen LogP contribution in [0.15, 0.2) is 36.4 Å². The zero-order valence-electron chi connectivity index (χ0n) is 10.1. The molecule has 0 aliphatic rings. The molecule has 2 aromatic rings. The highest BCUT2D eigenvalue weighted by atomic mass is 35.5. The van der Waals surface area contributed by atoms with Crippen molar-refractivity contribution in [2.75, 3.05) is 7.11 Å². The summed E-state index contributed by atoms with van der Waals surface area (Å²) in [5, 5.41) is 9.11. The van der Waals surface area contributed by atoms with E-state index in [2.05, 4.69) is 0 Å². The second-order valence-corrected chi connectivity index (χ2v) is 4.12. The standard InChI is InChI=1S/C13H10BClFO3/c1-18-12-7-11(15)10(6-13(12)19-14-17)8-3-2-4-9(16)5-8/h2-7,17H,1H3. The number of rotatable bonds is 4. The Labute approximate surface area is 115 Å². The summed E-state index contributed by atoms with van der Waals surface area (Å²) in [7, 11) is 2.00. The van der Waals surface area contributed by atoms with Crippen LogP contribution in [0.5, 0.6) is 11.5 Å². The van der Waals surface area contributed by atoms with Gasteiger partial charge in [-0.25, -0.2) is 4.39 Å². The van der Waals surface area contributed by atoms with Gasteiger partial charge in [-0.2, -0.15) is 0 Å². The minimum Gasteiger partial charge on any atom is -0.535 e. The van der Waals surface area contributed by atoms with Crippen molar-refractivity contribution in [3.63, 3.8) is 0 Å². The Morgan fingerprint density at radius 2 is 2.00 bits per heavy atom. The summed E-state index contributed by atoms with van der Waals surface area (Å²) in [6.45, 7) is 0. The molecule has 19 heavy (non-hydrogen) atoms. The molecule has 0 unspecified atom stereocenters. The number of hydrogen-bond acceptors (Lipinski definition) is 3. The van der Waals surface area contributed by atoms with E-state index in [1.165, 1.54) is 19.2 Å². The van der Waals surface area contributed by atoms with Crippen LogP contribution in [0, 0.1) is 5.82 Å². The maximum absolute atomic E-state index is 13.2. The van der Waals surface area contributed by atoms with Crippen LogP contribution < -0.4 is 9.39 Å². The first-order valence-electron chi connectivity index (χ1n) is 5.41. The second-order valence-electron chi connectivity index (χ2n) is 3.72. The van der Waals surface area contributed by atoms with Crippen LogP contribution in [0.1, 0.15) is 0 Å². The summed E-state index contributed by atoms with van der Waals surface area (Å²) in [5.74, 6) is 0.296. The van der Waals surface area contributed by atoms with Gasteiger partial charge in [-0.15, -0.1) is 0 Å².